The third kappa shape index (κ3) is 6.56. The predicted octanol–water partition coefficient (Wildman–Crippen LogP) is 4.45. The van der Waals surface area contributed by atoms with E-state index in [4.69, 9.17) is 16.3 Å². The molecular weight excluding hydrogens is 395 g/mol. The molecule has 0 radical (unpaired) electrons. The second-order valence-corrected chi connectivity index (χ2v) is 7.89. The first kappa shape index (κ1) is 22.8. The van der Waals surface area contributed by atoms with E-state index >= 15 is 0 Å². The van der Waals surface area contributed by atoms with Crippen molar-refractivity contribution in [2.24, 2.45) is 0 Å². The quantitative estimate of drug-likeness (QED) is 0.711. The van der Waals surface area contributed by atoms with Crippen molar-refractivity contribution in [3.05, 3.63) is 59.1 Å². The molecule has 6 heteroatoms. The van der Waals surface area contributed by atoms with E-state index in [0.29, 0.717) is 19.1 Å². The number of ether oxygens (including phenoxy) is 1. The number of β-amino-alcohol motifs (C(OH)–C–C–N with tert-alkyl or cyclic N) is 1. The number of halogens is 2. The van der Waals surface area contributed by atoms with Crippen LogP contribution >= 0.6 is 24.0 Å². The van der Waals surface area contributed by atoms with E-state index < -0.39 is 6.10 Å². The number of piperazine rings is 1. The highest BCUT2D eigenvalue weighted by Gasteiger charge is 2.20. The summed E-state index contributed by atoms with van der Waals surface area (Å²) in [7, 11) is 0. The van der Waals surface area contributed by atoms with Gasteiger partial charge in [-0.15, -0.1) is 12.4 Å². The number of anilines is 1. The summed E-state index contributed by atoms with van der Waals surface area (Å²) in [4.78, 5) is 4.62. The summed E-state index contributed by atoms with van der Waals surface area (Å²) < 4.78 is 5.75. The zero-order chi connectivity index (χ0) is 19.2. The van der Waals surface area contributed by atoms with Gasteiger partial charge in [-0.25, -0.2) is 0 Å². The molecule has 0 bridgehead atoms. The molecule has 3 rings (SSSR count). The lowest BCUT2D eigenvalue weighted by molar-refractivity contribution is 0.0663. The Morgan fingerprint density at radius 1 is 1.04 bits per heavy atom. The van der Waals surface area contributed by atoms with Crippen molar-refractivity contribution in [2.75, 3.05) is 44.2 Å². The van der Waals surface area contributed by atoms with Crippen LogP contribution in [-0.4, -0.2) is 55.4 Å². The Bertz CT molecular complexity index is 717. The van der Waals surface area contributed by atoms with Crippen LogP contribution in [0.4, 0.5) is 5.69 Å². The third-order valence-electron chi connectivity index (χ3n) is 5.00. The molecule has 1 aliphatic heterocycles. The summed E-state index contributed by atoms with van der Waals surface area (Å²) in [5.41, 5.74) is 2.45. The van der Waals surface area contributed by atoms with Gasteiger partial charge in [0, 0.05) is 43.4 Å². The summed E-state index contributed by atoms with van der Waals surface area (Å²) in [5, 5.41) is 11.1. The lowest BCUT2D eigenvalue weighted by atomic mass is 10.0. The molecule has 0 amide bonds. The molecule has 28 heavy (non-hydrogen) atoms. The van der Waals surface area contributed by atoms with Crippen molar-refractivity contribution < 1.29 is 9.84 Å². The molecule has 154 valence electrons. The Labute approximate surface area is 179 Å². The first-order chi connectivity index (χ1) is 13.0. The summed E-state index contributed by atoms with van der Waals surface area (Å²) in [6, 6.07) is 16.1. The lowest BCUT2D eigenvalue weighted by Gasteiger charge is -2.36. The average molecular weight is 425 g/mol. The van der Waals surface area contributed by atoms with Crippen molar-refractivity contribution in [1.29, 1.82) is 0 Å². The Kier molecular flexibility index (Phi) is 8.90. The maximum atomic E-state index is 10.3. The zero-order valence-electron chi connectivity index (χ0n) is 16.6. The van der Waals surface area contributed by atoms with Crippen LogP contribution in [0.3, 0.4) is 0 Å². The van der Waals surface area contributed by atoms with E-state index in [2.05, 4.69) is 41.8 Å². The van der Waals surface area contributed by atoms with Gasteiger partial charge in [0.2, 0.25) is 0 Å². The van der Waals surface area contributed by atoms with Gasteiger partial charge in [-0.3, -0.25) is 4.90 Å². The molecule has 0 saturated carbocycles. The number of hydrogen-bond acceptors (Lipinski definition) is 4. The Morgan fingerprint density at radius 3 is 2.32 bits per heavy atom. The summed E-state index contributed by atoms with van der Waals surface area (Å²) in [6.07, 6.45) is -0.493. The van der Waals surface area contributed by atoms with Crippen LogP contribution < -0.4 is 9.64 Å². The molecule has 0 aromatic heterocycles. The summed E-state index contributed by atoms with van der Waals surface area (Å²) in [5.74, 6) is 1.32. The minimum absolute atomic E-state index is 0. The van der Waals surface area contributed by atoms with Crippen molar-refractivity contribution >= 4 is 29.7 Å². The molecule has 1 aliphatic rings. The molecule has 2 aromatic rings. The van der Waals surface area contributed by atoms with Gasteiger partial charge < -0.3 is 14.7 Å². The highest BCUT2D eigenvalue weighted by atomic mass is 35.5. The third-order valence-corrected chi connectivity index (χ3v) is 5.24. The normalized spacial score (nSPS) is 16.0. The minimum atomic E-state index is -0.493. The Hall–Kier alpha value is -1.46. The molecule has 1 N–H and O–H groups in total. The molecule has 1 atom stereocenters. The smallest absolute Gasteiger partial charge is 0.119 e. The Balaban J connectivity index is 0.00000280. The first-order valence-corrected chi connectivity index (χ1v) is 10.0. The number of hydrogen-bond donors (Lipinski definition) is 1. The van der Waals surface area contributed by atoms with Crippen LogP contribution in [0.25, 0.3) is 0 Å². The molecular formula is C22H30Cl2N2O2. The van der Waals surface area contributed by atoms with E-state index in [-0.39, 0.29) is 12.4 Å². The van der Waals surface area contributed by atoms with E-state index in [1.807, 2.05) is 30.3 Å². The van der Waals surface area contributed by atoms with Crippen molar-refractivity contribution in [2.45, 2.75) is 25.9 Å². The van der Waals surface area contributed by atoms with Crippen LogP contribution in [0.5, 0.6) is 5.75 Å². The van der Waals surface area contributed by atoms with Gasteiger partial charge in [0.25, 0.3) is 0 Å². The maximum absolute atomic E-state index is 10.3. The monoisotopic (exact) mass is 424 g/mol. The fourth-order valence-electron chi connectivity index (χ4n) is 3.35. The predicted molar refractivity (Wildman–Crippen MR) is 119 cm³/mol. The van der Waals surface area contributed by atoms with Gasteiger partial charge in [-0.05, 0) is 41.8 Å². The topological polar surface area (TPSA) is 35.9 Å². The Morgan fingerprint density at radius 2 is 1.71 bits per heavy atom. The largest absolute Gasteiger partial charge is 0.491 e. The second-order valence-electron chi connectivity index (χ2n) is 7.46. The van der Waals surface area contributed by atoms with Gasteiger partial charge in [-0.2, -0.15) is 0 Å². The maximum Gasteiger partial charge on any atom is 0.119 e. The van der Waals surface area contributed by atoms with Crippen LogP contribution in [0.2, 0.25) is 5.02 Å². The number of nitrogens with zero attached hydrogens (tertiary/aromatic N) is 2. The molecule has 0 spiro atoms. The summed E-state index contributed by atoms with van der Waals surface area (Å²) >= 11 is 6.09. The van der Waals surface area contributed by atoms with E-state index in [0.717, 1.165) is 42.6 Å². The molecule has 1 unspecified atom stereocenters. The second kappa shape index (κ2) is 10.9. The van der Waals surface area contributed by atoms with Crippen LogP contribution in [0.1, 0.15) is 25.3 Å². The highest BCUT2D eigenvalue weighted by Crippen LogP contribution is 2.21. The van der Waals surface area contributed by atoms with Gasteiger partial charge in [0.1, 0.15) is 18.5 Å². The SMILES string of the molecule is CC(C)c1ccc(OCC(O)CN2CCN(c3cccc(Cl)c3)CC2)cc1.Cl. The lowest BCUT2D eigenvalue weighted by Crippen LogP contribution is -2.49. The van der Waals surface area contributed by atoms with Crippen LogP contribution in [0.15, 0.2) is 48.5 Å². The standard InChI is InChI=1S/C22H29ClN2O2.ClH/c1-17(2)18-6-8-22(9-7-18)27-16-21(26)15-24-10-12-25(13-11-24)20-5-3-4-19(23)14-20;/h3-9,14,17,21,26H,10-13,15-16H2,1-2H3;1H. The number of benzene rings is 2. The first-order valence-electron chi connectivity index (χ1n) is 9.65. The average Bonchev–Trinajstić information content (AvgIpc) is 2.67. The fourth-order valence-corrected chi connectivity index (χ4v) is 3.54. The zero-order valence-corrected chi connectivity index (χ0v) is 18.1. The molecule has 4 nitrogen and oxygen atoms in total. The van der Waals surface area contributed by atoms with Crippen molar-refractivity contribution in [1.82, 2.24) is 4.90 Å². The van der Waals surface area contributed by atoms with Gasteiger partial charge >= 0.3 is 0 Å². The van der Waals surface area contributed by atoms with Gasteiger partial charge in [0.15, 0.2) is 0 Å². The molecule has 1 saturated heterocycles. The van der Waals surface area contributed by atoms with Gasteiger partial charge in [-0.1, -0.05) is 43.6 Å². The fraction of sp³-hybridized carbons (Fsp3) is 0.455. The number of rotatable bonds is 7. The minimum Gasteiger partial charge on any atom is -0.491 e. The highest BCUT2D eigenvalue weighted by molar-refractivity contribution is 6.30. The van der Waals surface area contributed by atoms with Gasteiger partial charge in [0.05, 0.1) is 0 Å². The molecule has 0 aliphatic carbocycles. The van der Waals surface area contributed by atoms with E-state index in [1.165, 1.54) is 5.56 Å². The molecule has 1 heterocycles. The summed E-state index contributed by atoms with van der Waals surface area (Å²) in [6.45, 7) is 9.01. The number of aliphatic hydroxyl groups is 1. The van der Waals surface area contributed by atoms with E-state index in [9.17, 15) is 5.11 Å². The number of aliphatic hydroxyl groups excluding tert-OH is 1. The van der Waals surface area contributed by atoms with Crippen molar-refractivity contribution in [3.63, 3.8) is 0 Å². The van der Waals surface area contributed by atoms with Crippen LogP contribution in [0, 0.1) is 0 Å². The molecule has 2 aromatic carbocycles. The van der Waals surface area contributed by atoms with Crippen LogP contribution in [-0.2, 0) is 0 Å². The van der Waals surface area contributed by atoms with E-state index in [1.54, 1.807) is 0 Å². The van der Waals surface area contributed by atoms with Crippen molar-refractivity contribution in [3.8, 4) is 5.75 Å². The molecule has 1 fully saturated rings.